The normalized spacial score (nSPS) is 10.6. The van der Waals surface area contributed by atoms with Gasteiger partial charge in [-0.25, -0.2) is 4.98 Å². The van der Waals surface area contributed by atoms with Crippen LogP contribution < -0.4 is 15.6 Å². The third-order valence-corrected chi connectivity index (χ3v) is 4.90. The molecule has 0 aliphatic heterocycles. The topological polar surface area (TPSA) is 80.3 Å². The van der Waals surface area contributed by atoms with Crippen molar-refractivity contribution in [3.63, 3.8) is 0 Å². The minimum atomic E-state index is -0.395. The van der Waals surface area contributed by atoms with Gasteiger partial charge in [-0.1, -0.05) is 23.8 Å². The molecule has 0 aliphatic rings. The number of nitrogens with zero attached hydrogens (tertiary/aromatic N) is 1. The Hall–Kier alpha value is -3.19. The summed E-state index contributed by atoms with van der Waals surface area (Å²) in [6.07, 6.45) is 0.148. The molecule has 6 nitrogen and oxygen atoms in total. The first-order chi connectivity index (χ1) is 13.9. The molecule has 0 fully saturated rings. The summed E-state index contributed by atoms with van der Waals surface area (Å²) >= 11 is 1.49. The lowest BCUT2D eigenvalue weighted by Crippen LogP contribution is -2.42. The number of carbonyl (C=O) groups is 2. The van der Waals surface area contributed by atoms with Crippen molar-refractivity contribution in [1.82, 2.24) is 15.8 Å². The summed E-state index contributed by atoms with van der Waals surface area (Å²) in [5.74, 6) is -0.0408. The molecule has 1 aromatic heterocycles. The van der Waals surface area contributed by atoms with E-state index in [1.165, 1.54) is 11.3 Å². The largest absolute Gasteiger partial charge is 0.491 e. The highest BCUT2D eigenvalue weighted by molar-refractivity contribution is 7.13. The number of amides is 2. The first-order valence-corrected chi connectivity index (χ1v) is 10.2. The van der Waals surface area contributed by atoms with Crippen LogP contribution >= 0.6 is 11.3 Å². The Labute approximate surface area is 173 Å². The van der Waals surface area contributed by atoms with Crippen LogP contribution in [0.5, 0.6) is 5.75 Å². The van der Waals surface area contributed by atoms with Gasteiger partial charge >= 0.3 is 0 Å². The van der Waals surface area contributed by atoms with Crippen molar-refractivity contribution in [2.45, 2.75) is 33.3 Å². The average molecular weight is 410 g/mol. The van der Waals surface area contributed by atoms with Crippen LogP contribution in [0.15, 0.2) is 53.9 Å². The Morgan fingerprint density at radius 1 is 1.10 bits per heavy atom. The average Bonchev–Trinajstić information content (AvgIpc) is 3.15. The predicted octanol–water partition coefficient (Wildman–Crippen LogP) is 3.91. The van der Waals surface area contributed by atoms with E-state index in [0.717, 1.165) is 16.1 Å². The molecule has 0 saturated carbocycles. The van der Waals surface area contributed by atoms with E-state index in [-0.39, 0.29) is 18.4 Å². The van der Waals surface area contributed by atoms with Gasteiger partial charge in [0.2, 0.25) is 5.91 Å². The molecule has 0 saturated heterocycles. The maximum Gasteiger partial charge on any atom is 0.269 e. The number of aryl methyl sites for hydroxylation is 1. The van der Waals surface area contributed by atoms with Gasteiger partial charge in [0.25, 0.3) is 5.91 Å². The second-order valence-corrected chi connectivity index (χ2v) is 7.74. The van der Waals surface area contributed by atoms with Crippen LogP contribution in [-0.2, 0) is 11.2 Å². The molecular formula is C22H23N3O3S. The minimum Gasteiger partial charge on any atom is -0.491 e. The molecule has 0 unspecified atom stereocenters. The first-order valence-electron chi connectivity index (χ1n) is 9.28. The van der Waals surface area contributed by atoms with Crippen molar-refractivity contribution >= 4 is 23.2 Å². The van der Waals surface area contributed by atoms with Crippen molar-refractivity contribution in [1.29, 1.82) is 0 Å². The van der Waals surface area contributed by atoms with E-state index in [4.69, 9.17) is 4.74 Å². The first kappa shape index (κ1) is 20.5. The number of carbonyl (C=O) groups excluding carboxylic acids is 2. The number of aromatic nitrogens is 1. The van der Waals surface area contributed by atoms with Gasteiger partial charge in [0, 0.05) is 16.5 Å². The zero-order valence-electron chi connectivity index (χ0n) is 16.6. The predicted molar refractivity (Wildman–Crippen MR) is 114 cm³/mol. The quantitative estimate of drug-likeness (QED) is 0.605. The third kappa shape index (κ3) is 5.89. The smallest absolute Gasteiger partial charge is 0.269 e. The van der Waals surface area contributed by atoms with Gasteiger partial charge < -0.3 is 4.74 Å². The van der Waals surface area contributed by atoms with Crippen LogP contribution in [0, 0.1) is 6.92 Å². The minimum absolute atomic E-state index is 0.0612. The lowest BCUT2D eigenvalue weighted by Gasteiger charge is -2.10. The van der Waals surface area contributed by atoms with Crippen LogP contribution in [0.1, 0.15) is 35.5 Å². The van der Waals surface area contributed by atoms with Crippen molar-refractivity contribution < 1.29 is 14.3 Å². The van der Waals surface area contributed by atoms with Crippen LogP contribution in [0.25, 0.3) is 10.6 Å². The molecule has 0 spiro atoms. The molecule has 0 radical (unpaired) electrons. The van der Waals surface area contributed by atoms with Gasteiger partial charge in [0.15, 0.2) is 0 Å². The van der Waals surface area contributed by atoms with Gasteiger partial charge in [-0.15, -0.1) is 11.3 Å². The lowest BCUT2D eigenvalue weighted by molar-refractivity contribution is -0.121. The summed E-state index contributed by atoms with van der Waals surface area (Å²) < 4.78 is 5.55. The van der Waals surface area contributed by atoms with E-state index in [9.17, 15) is 9.59 Å². The number of hydrogen-bond acceptors (Lipinski definition) is 5. The summed E-state index contributed by atoms with van der Waals surface area (Å²) in [6.45, 7) is 5.89. The van der Waals surface area contributed by atoms with E-state index in [1.54, 1.807) is 24.3 Å². The molecule has 150 valence electrons. The number of hydrazine groups is 1. The zero-order valence-corrected chi connectivity index (χ0v) is 17.4. The SMILES string of the molecule is Cc1cccc(-c2nc(CC(=O)NNC(=O)c3ccc(OC(C)C)cc3)cs2)c1. The highest BCUT2D eigenvalue weighted by Crippen LogP contribution is 2.24. The fourth-order valence-corrected chi connectivity index (χ4v) is 3.48. The molecule has 1 heterocycles. The second-order valence-electron chi connectivity index (χ2n) is 6.88. The molecule has 3 rings (SSSR count). The van der Waals surface area contributed by atoms with Gasteiger partial charge in [0.05, 0.1) is 18.2 Å². The maximum absolute atomic E-state index is 12.2. The number of rotatable bonds is 6. The Balaban J connectivity index is 1.51. The van der Waals surface area contributed by atoms with Crippen LogP contribution in [-0.4, -0.2) is 22.9 Å². The van der Waals surface area contributed by atoms with Crippen molar-refractivity contribution in [2.24, 2.45) is 0 Å². The van der Waals surface area contributed by atoms with Crippen molar-refractivity contribution in [3.05, 3.63) is 70.7 Å². The molecule has 2 aromatic carbocycles. The van der Waals surface area contributed by atoms with E-state index in [1.807, 2.05) is 44.4 Å². The highest BCUT2D eigenvalue weighted by atomic mass is 32.1. The molecule has 0 atom stereocenters. The fourth-order valence-electron chi connectivity index (χ4n) is 2.66. The van der Waals surface area contributed by atoms with Crippen LogP contribution in [0.2, 0.25) is 0 Å². The van der Waals surface area contributed by atoms with Gasteiger partial charge in [-0.3, -0.25) is 20.4 Å². The fraction of sp³-hybridized carbons (Fsp3) is 0.227. The number of hydrogen-bond donors (Lipinski definition) is 2. The molecule has 3 aromatic rings. The highest BCUT2D eigenvalue weighted by Gasteiger charge is 2.11. The Kier molecular flexibility index (Phi) is 6.61. The maximum atomic E-state index is 12.2. The zero-order chi connectivity index (χ0) is 20.8. The molecule has 0 bridgehead atoms. The van der Waals surface area contributed by atoms with Gasteiger partial charge in [-0.05, 0) is 51.1 Å². The standard InChI is InChI=1S/C22H23N3O3S/c1-14(2)28-19-9-7-16(8-10-19)21(27)25-24-20(26)12-18-13-29-22(23-18)17-6-4-5-15(3)11-17/h4-11,13-14H,12H2,1-3H3,(H,24,26)(H,25,27). The number of nitrogens with one attached hydrogen (secondary N) is 2. The van der Waals surface area contributed by atoms with Crippen LogP contribution in [0.3, 0.4) is 0 Å². The monoisotopic (exact) mass is 409 g/mol. The Morgan fingerprint density at radius 3 is 2.55 bits per heavy atom. The molecule has 29 heavy (non-hydrogen) atoms. The molecule has 2 N–H and O–H groups in total. The van der Waals surface area contributed by atoms with Crippen LogP contribution in [0.4, 0.5) is 0 Å². The Bertz CT molecular complexity index is 997. The molecule has 7 heteroatoms. The summed E-state index contributed by atoms with van der Waals surface area (Å²) in [5.41, 5.74) is 8.12. The molecular weight excluding hydrogens is 386 g/mol. The number of benzene rings is 2. The van der Waals surface area contributed by atoms with E-state index >= 15 is 0 Å². The summed E-state index contributed by atoms with van der Waals surface area (Å²) in [7, 11) is 0. The summed E-state index contributed by atoms with van der Waals surface area (Å²) in [5, 5.41) is 2.72. The van der Waals surface area contributed by atoms with E-state index < -0.39 is 5.91 Å². The number of ether oxygens (including phenoxy) is 1. The van der Waals surface area contributed by atoms with Crippen molar-refractivity contribution in [3.8, 4) is 16.3 Å². The number of thiazole rings is 1. The molecule has 0 aliphatic carbocycles. The molecule has 2 amide bonds. The van der Waals surface area contributed by atoms with Crippen molar-refractivity contribution in [2.75, 3.05) is 0 Å². The summed E-state index contributed by atoms with van der Waals surface area (Å²) in [6, 6.07) is 14.8. The van der Waals surface area contributed by atoms with Gasteiger partial charge in [-0.2, -0.15) is 0 Å². The second kappa shape index (κ2) is 9.34. The summed E-state index contributed by atoms with van der Waals surface area (Å²) in [4.78, 5) is 28.8. The lowest BCUT2D eigenvalue weighted by atomic mass is 10.1. The third-order valence-electron chi connectivity index (χ3n) is 3.96. The Morgan fingerprint density at radius 2 is 1.86 bits per heavy atom. The van der Waals surface area contributed by atoms with E-state index in [0.29, 0.717) is 17.0 Å². The van der Waals surface area contributed by atoms with E-state index in [2.05, 4.69) is 21.9 Å². The van der Waals surface area contributed by atoms with Gasteiger partial charge in [0.1, 0.15) is 10.8 Å².